The van der Waals surface area contributed by atoms with E-state index in [9.17, 15) is 13.2 Å². The molecule has 0 bridgehead atoms. The number of nitrogens with one attached hydrogen (secondary N) is 2. The number of amides is 1. The number of anilines is 1. The third kappa shape index (κ3) is 5.75. The summed E-state index contributed by atoms with van der Waals surface area (Å²) in [7, 11) is -3.65. The number of rotatable bonds is 8. The van der Waals surface area contributed by atoms with Crippen LogP contribution in [0.5, 0.6) is 0 Å². The minimum Gasteiger partial charge on any atom is -0.323 e. The van der Waals surface area contributed by atoms with Gasteiger partial charge in [0.1, 0.15) is 0 Å². The van der Waals surface area contributed by atoms with Crippen LogP contribution in [-0.4, -0.2) is 30.7 Å². The lowest BCUT2D eigenvalue weighted by atomic mass is 10.1. The average Bonchev–Trinajstić information content (AvgIpc) is 3.11. The molecule has 0 saturated heterocycles. The van der Waals surface area contributed by atoms with Crippen molar-refractivity contribution >= 4 is 21.6 Å². The highest BCUT2D eigenvalue weighted by molar-refractivity contribution is 7.89. The smallest absolute Gasteiger partial charge is 0.240 e. The van der Waals surface area contributed by atoms with Crippen LogP contribution < -0.4 is 10.0 Å². The number of nitrogens with zero attached hydrogens (tertiary/aromatic N) is 2. The van der Waals surface area contributed by atoms with Crippen LogP contribution >= 0.6 is 0 Å². The molecule has 0 aliphatic carbocycles. The molecule has 3 aromatic rings. The molecule has 2 N–H and O–H groups in total. The fourth-order valence-corrected chi connectivity index (χ4v) is 3.89. The van der Waals surface area contributed by atoms with Gasteiger partial charge >= 0.3 is 0 Å². The number of aromatic nitrogens is 2. The van der Waals surface area contributed by atoms with Gasteiger partial charge in [0.15, 0.2) is 0 Å². The Bertz CT molecular complexity index is 1090. The van der Waals surface area contributed by atoms with Gasteiger partial charge in [0.05, 0.1) is 23.3 Å². The molecule has 1 aromatic heterocycles. The maximum Gasteiger partial charge on any atom is 0.240 e. The van der Waals surface area contributed by atoms with Crippen LogP contribution in [0.1, 0.15) is 23.1 Å². The molecule has 0 fully saturated rings. The first-order chi connectivity index (χ1) is 13.8. The summed E-state index contributed by atoms with van der Waals surface area (Å²) >= 11 is 0. The highest BCUT2D eigenvalue weighted by Gasteiger charge is 2.15. The first-order valence-electron chi connectivity index (χ1n) is 9.27. The zero-order valence-corrected chi connectivity index (χ0v) is 17.2. The Labute approximate surface area is 170 Å². The summed E-state index contributed by atoms with van der Waals surface area (Å²) in [6.07, 6.45) is 3.33. The molecule has 3 rings (SSSR count). The fourth-order valence-electron chi connectivity index (χ4n) is 2.77. The van der Waals surface area contributed by atoms with E-state index >= 15 is 0 Å². The van der Waals surface area contributed by atoms with Crippen LogP contribution in [0.4, 0.5) is 5.69 Å². The van der Waals surface area contributed by atoms with E-state index in [2.05, 4.69) is 15.1 Å². The van der Waals surface area contributed by atoms with E-state index in [-0.39, 0.29) is 23.8 Å². The first-order valence-corrected chi connectivity index (χ1v) is 10.7. The maximum absolute atomic E-state index is 12.4. The number of hydrogen-bond acceptors (Lipinski definition) is 4. The number of carbonyl (C=O) groups excluding carboxylic acids is 1. The molecule has 8 heteroatoms. The Morgan fingerprint density at radius 1 is 1.07 bits per heavy atom. The highest BCUT2D eigenvalue weighted by Crippen LogP contribution is 2.14. The predicted molar refractivity (Wildman–Crippen MR) is 112 cm³/mol. The topological polar surface area (TPSA) is 93.1 Å². The monoisotopic (exact) mass is 412 g/mol. The first kappa shape index (κ1) is 20.8. The Balaban J connectivity index is 1.49. The number of hydrogen-bond donors (Lipinski definition) is 2. The molecule has 0 aliphatic rings. The van der Waals surface area contributed by atoms with Gasteiger partial charge < -0.3 is 5.32 Å². The maximum atomic E-state index is 12.4. The summed E-state index contributed by atoms with van der Waals surface area (Å²) in [5, 5.41) is 6.96. The summed E-state index contributed by atoms with van der Waals surface area (Å²) in [5.41, 5.74) is 3.60. The van der Waals surface area contributed by atoms with E-state index in [1.807, 2.05) is 44.2 Å². The zero-order chi connectivity index (χ0) is 20.9. The molecule has 1 heterocycles. The molecule has 0 aliphatic heterocycles. The molecule has 29 heavy (non-hydrogen) atoms. The van der Waals surface area contributed by atoms with Crippen LogP contribution in [0.3, 0.4) is 0 Å². The largest absolute Gasteiger partial charge is 0.323 e. The molecule has 0 saturated carbocycles. The summed E-state index contributed by atoms with van der Waals surface area (Å²) < 4.78 is 28.9. The molecular weight excluding hydrogens is 388 g/mol. The van der Waals surface area contributed by atoms with Crippen LogP contribution in [0.2, 0.25) is 0 Å². The van der Waals surface area contributed by atoms with Crippen molar-refractivity contribution in [1.29, 1.82) is 0 Å². The lowest BCUT2D eigenvalue weighted by Crippen LogP contribution is -2.27. The van der Waals surface area contributed by atoms with Gasteiger partial charge in [-0.25, -0.2) is 13.1 Å². The van der Waals surface area contributed by atoms with Gasteiger partial charge in [-0.15, -0.1) is 0 Å². The fraction of sp³-hybridized carbons (Fsp3) is 0.238. The summed E-state index contributed by atoms with van der Waals surface area (Å²) in [4.78, 5) is 12.3. The Morgan fingerprint density at radius 3 is 2.55 bits per heavy atom. The van der Waals surface area contributed by atoms with Gasteiger partial charge in [-0.2, -0.15) is 5.10 Å². The molecule has 2 aromatic carbocycles. The van der Waals surface area contributed by atoms with Crippen molar-refractivity contribution < 1.29 is 13.2 Å². The van der Waals surface area contributed by atoms with Crippen LogP contribution in [0.25, 0.3) is 0 Å². The minimum atomic E-state index is -3.65. The summed E-state index contributed by atoms with van der Waals surface area (Å²) in [5.74, 6) is -0.285. The number of carbonyl (C=O) groups is 1. The molecule has 152 valence electrons. The second-order valence-corrected chi connectivity index (χ2v) is 8.62. The molecule has 0 radical (unpaired) electrons. The third-order valence-corrected chi connectivity index (χ3v) is 6.00. The van der Waals surface area contributed by atoms with Crippen molar-refractivity contribution in [3.63, 3.8) is 0 Å². The van der Waals surface area contributed by atoms with E-state index in [1.165, 1.54) is 0 Å². The van der Waals surface area contributed by atoms with Crippen LogP contribution in [-0.2, 0) is 21.4 Å². The quantitative estimate of drug-likeness (QED) is 0.595. The Hall–Kier alpha value is -2.97. The Morgan fingerprint density at radius 2 is 1.83 bits per heavy atom. The van der Waals surface area contributed by atoms with E-state index < -0.39 is 10.0 Å². The van der Waals surface area contributed by atoms with E-state index in [4.69, 9.17) is 0 Å². The normalized spacial score (nSPS) is 11.4. The zero-order valence-electron chi connectivity index (χ0n) is 16.4. The lowest BCUT2D eigenvalue weighted by Gasteiger charge is -2.08. The summed E-state index contributed by atoms with van der Waals surface area (Å²) in [6.45, 7) is 4.40. The van der Waals surface area contributed by atoms with Gasteiger partial charge in [-0.05, 0) is 42.7 Å². The van der Waals surface area contributed by atoms with Crippen molar-refractivity contribution in [2.24, 2.45) is 0 Å². The molecular formula is C21H24N4O3S. The van der Waals surface area contributed by atoms with Crippen LogP contribution in [0.15, 0.2) is 65.8 Å². The standard InChI is InChI=1S/C21H24N4O3S/c1-16-8-9-20(12-17(16)2)29(27,28)23-11-10-21(26)24-19-13-22-25(15-19)14-18-6-4-3-5-7-18/h3-9,12-13,15,23H,10-11,14H2,1-2H3,(H,24,26). The predicted octanol–water partition coefficient (Wildman–Crippen LogP) is 2.86. The van der Waals surface area contributed by atoms with Gasteiger partial charge in [0, 0.05) is 19.2 Å². The van der Waals surface area contributed by atoms with Gasteiger partial charge in [-0.1, -0.05) is 36.4 Å². The van der Waals surface area contributed by atoms with E-state index in [1.54, 1.807) is 35.3 Å². The second-order valence-electron chi connectivity index (χ2n) is 6.85. The Kier molecular flexibility index (Phi) is 6.46. The van der Waals surface area contributed by atoms with E-state index in [0.717, 1.165) is 16.7 Å². The van der Waals surface area contributed by atoms with Crippen molar-refractivity contribution in [2.75, 3.05) is 11.9 Å². The van der Waals surface area contributed by atoms with Gasteiger partial charge in [0.2, 0.25) is 15.9 Å². The van der Waals surface area contributed by atoms with Crippen molar-refractivity contribution in [3.05, 3.63) is 77.6 Å². The SMILES string of the molecule is Cc1ccc(S(=O)(=O)NCCC(=O)Nc2cnn(Cc3ccccc3)c2)cc1C. The van der Waals surface area contributed by atoms with Crippen molar-refractivity contribution in [1.82, 2.24) is 14.5 Å². The van der Waals surface area contributed by atoms with Gasteiger partial charge in [-0.3, -0.25) is 9.48 Å². The number of sulfonamides is 1. The number of aryl methyl sites for hydroxylation is 2. The number of benzene rings is 2. The third-order valence-electron chi connectivity index (χ3n) is 4.54. The average molecular weight is 413 g/mol. The molecule has 1 amide bonds. The lowest BCUT2D eigenvalue weighted by molar-refractivity contribution is -0.116. The molecule has 0 spiro atoms. The minimum absolute atomic E-state index is 0.0131. The van der Waals surface area contributed by atoms with Crippen molar-refractivity contribution in [3.8, 4) is 0 Å². The van der Waals surface area contributed by atoms with E-state index in [0.29, 0.717) is 12.2 Å². The second kappa shape index (κ2) is 9.02. The molecule has 0 unspecified atom stereocenters. The highest BCUT2D eigenvalue weighted by atomic mass is 32.2. The van der Waals surface area contributed by atoms with Crippen LogP contribution in [0, 0.1) is 13.8 Å². The molecule has 7 nitrogen and oxygen atoms in total. The summed E-state index contributed by atoms with van der Waals surface area (Å²) in [6, 6.07) is 14.8. The van der Waals surface area contributed by atoms with Crippen molar-refractivity contribution in [2.45, 2.75) is 31.7 Å². The van der Waals surface area contributed by atoms with Gasteiger partial charge in [0.25, 0.3) is 0 Å². The molecule has 0 atom stereocenters.